The van der Waals surface area contributed by atoms with E-state index in [0.29, 0.717) is 23.8 Å². The fraction of sp³-hybridized carbons (Fsp3) is 0.556. The summed E-state index contributed by atoms with van der Waals surface area (Å²) in [5, 5.41) is 9.12. The van der Waals surface area contributed by atoms with Gasteiger partial charge in [-0.1, -0.05) is 68.5 Å². The molecule has 2 aromatic rings. The Labute approximate surface area is 193 Å². The summed E-state index contributed by atoms with van der Waals surface area (Å²) >= 11 is 0. The first-order valence-corrected chi connectivity index (χ1v) is 13.8. The van der Waals surface area contributed by atoms with Crippen molar-refractivity contribution in [2.45, 2.75) is 81.4 Å². The van der Waals surface area contributed by atoms with E-state index in [1.807, 2.05) is 12.1 Å². The molecule has 0 bridgehead atoms. The van der Waals surface area contributed by atoms with Gasteiger partial charge in [-0.05, 0) is 78.7 Å². The van der Waals surface area contributed by atoms with Crippen LogP contribution in [0.15, 0.2) is 53.4 Å². The normalized spacial score (nSPS) is 19.3. The smallest absolute Gasteiger partial charge is 0.240 e. The summed E-state index contributed by atoms with van der Waals surface area (Å²) in [7, 11) is -3.52. The van der Waals surface area contributed by atoms with Crippen LogP contribution < -0.4 is 4.72 Å². The highest BCUT2D eigenvalue weighted by Gasteiger charge is 2.35. The second-order valence-corrected chi connectivity index (χ2v) is 11.7. The molecule has 0 amide bonds. The van der Waals surface area contributed by atoms with Gasteiger partial charge in [0.2, 0.25) is 10.0 Å². The first kappa shape index (κ1) is 23.5. The summed E-state index contributed by atoms with van der Waals surface area (Å²) in [6.07, 6.45) is 12.3. The number of benzene rings is 2. The number of nitrogens with one attached hydrogen (secondary N) is 1. The summed E-state index contributed by atoms with van der Waals surface area (Å²) in [5.41, 5.74) is 3.63. The molecule has 0 spiro atoms. The van der Waals surface area contributed by atoms with Crippen molar-refractivity contribution in [2.24, 2.45) is 5.41 Å². The maximum Gasteiger partial charge on any atom is 0.240 e. The number of hydrogen-bond acceptors (Lipinski definition) is 3. The van der Waals surface area contributed by atoms with Gasteiger partial charge in [0.1, 0.15) is 0 Å². The fourth-order valence-electron chi connectivity index (χ4n) is 5.61. The largest absolute Gasteiger partial charge is 0.396 e. The van der Waals surface area contributed by atoms with Gasteiger partial charge in [-0.3, -0.25) is 0 Å². The number of aliphatic hydroxyl groups is 1. The van der Waals surface area contributed by atoms with Crippen molar-refractivity contribution in [3.05, 3.63) is 65.2 Å². The second kappa shape index (κ2) is 10.5. The summed E-state index contributed by atoms with van der Waals surface area (Å²) in [4.78, 5) is 0.374. The minimum absolute atomic E-state index is 0.0202. The Hall–Kier alpha value is -1.69. The van der Waals surface area contributed by atoms with Gasteiger partial charge in [0, 0.05) is 13.2 Å². The molecule has 4 rings (SSSR count). The van der Waals surface area contributed by atoms with E-state index < -0.39 is 10.0 Å². The SMILES string of the molecule is O=S(=O)(NCC1(Cc2ccc(CCO)cc2)CCCC1)c1ccc(C2CCCCC2)cc1. The molecule has 2 aliphatic rings. The van der Waals surface area contributed by atoms with Crippen molar-refractivity contribution in [2.75, 3.05) is 13.2 Å². The molecule has 0 unspecified atom stereocenters. The van der Waals surface area contributed by atoms with Gasteiger partial charge < -0.3 is 5.11 Å². The highest BCUT2D eigenvalue weighted by Crippen LogP contribution is 2.41. The Bertz CT molecular complexity index is 955. The highest BCUT2D eigenvalue weighted by atomic mass is 32.2. The molecule has 4 nitrogen and oxygen atoms in total. The monoisotopic (exact) mass is 455 g/mol. The van der Waals surface area contributed by atoms with Crippen LogP contribution in [0.25, 0.3) is 0 Å². The van der Waals surface area contributed by atoms with Gasteiger partial charge in [0.15, 0.2) is 0 Å². The van der Waals surface area contributed by atoms with E-state index in [4.69, 9.17) is 5.11 Å². The summed E-state index contributed by atoms with van der Waals surface area (Å²) in [6, 6.07) is 16.0. The topological polar surface area (TPSA) is 66.4 Å². The van der Waals surface area contributed by atoms with E-state index in [1.165, 1.54) is 43.2 Å². The molecule has 0 heterocycles. The number of rotatable bonds is 9. The molecule has 2 saturated carbocycles. The third kappa shape index (κ3) is 5.81. The molecule has 174 valence electrons. The van der Waals surface area contributed by atoms with Crippen LogP contribution >= 0.6 is 0 Å². The van der Waals surface area contributed by atoms with Crippen LogP contribution in [0.3, 0.4) is 0 Å². The standard InChI is InChI=1S/C27H37NO3S/c29-19-16-22-8-10-23(11-9-22)20-27(17-4-5-18-27)21-28-32(30,31)26-14-12-25(13-15-26)24-6-2-1-3-7-24/h8-15,24,28-29H,1-7,16-21H2. The first-order valence-electron chi connectivity index (χ1n) is 12.3. The molecule has 2 N–H and O–H groups in total. The summed E-state index contributed by atoms with van der Waals surface area (Å²) in [6.45, 7) is 0.644. The Balaban J connectivity index is 1.41. The molecule has 2 aromatic carbocycles. The molecule has 0 saturated heterocycles. The van der Waals surface area contributed by atoms with E-state index in [0.717, 1.165) is 37.7 Å². The minimum atomic E-state index is -3.52. The van der Waals surface area contributed by atoms with E-state index >= 15 is 0 Å². The van der Waals surface area contributed by atoms with Gasteiger partial charge >= 0.3 is 0 Å². The molecular weight excluding hydrogens is 418 g/mol. The van der Waals surface area contributed by atoms with Crippen LogP contribution in [0.4, 0.5) is 0 Å². The van der Waals surface area contributed by atoms with Crippen LogP contribution in [-0.2, 0) is 22.9 Å². The Kier molecular flexibility index (Phi) is 7.70. The van der Waals surface area contributed by atoms with Gasteiger partial charge in [-0.2, -0.15) is 0 Å². The van der Waals surface area contributed by atoms with Gasteiger partial charge in [-0.15, -0.1) is 0 Å². The molecule has 5 heteroatoms. The van der Waals surface area contributed by atoms with Crippen molar-refractivity contribution in [1.29, 1.82) is 0 Å². The van der Waals surface area contributed by atoms with E-state index in [1.54, 1.807) is 12.1 Å². The third-order valence-corrected chi connectivity index (χ3v) is 8.99. The fourth-order valence-corrected chi connectivity index (χ4v) is 6.77. The van der Waals surface area contributed by atoms with Gasteiger partial charge in [-0.25, -0.2) is 13.1 Å². The van der Waals surface area contributed by atoms with Crippen LogP contribution in [-0.4, -0.2) is 26.7 Å². The van der Waals surface area contributed by atoms with Crippen molar-refractivity contribution in [3.8, 4) is 0 Å². The number of sulfonamides is 1. The number of hydrogen-bond donors (Lipinski definition) is 2. The van der Waals surface area contributed by atoms with Gasteiger partial charge in [0.25, 0.3) is 0 Å². The van der Waals surface area contributed by atoms with Crippen molar-refractivity contribution in [1.82, 2.24) is 4.72 Å². The molecule has 0 atom stereocenters. The number of aliphatic hydroxyl groups excluding tert-OH is 1. The quantitative estimate of drug-likeness (QED) is 0.536. The van der Waals surface area contributed by atoms with E-state index in [-0.39, 0.29) is 12.0 Å². The lowest BCUT2D eigenvalue weighted by Gasteiger charge is -2.29. The average Bonchev–Trinajstić information content (AvgIpc) is 3.29. The Morgan fingerprint density at radius 1 is 0.844 bits per heavy atom. The van der Waals surface area contributed by atoms with E-state index in [9.17, 15) is 8.42 Å². The zero-order valence-electron chi connectivity index (χ0n) is 19.1. The van der Waals surface area contributed by atoms with Crippen LogP contribution in [0.1, 0.15) is 80.4 Å². The van der Waals surface area contributed by atoms with Crippen molar-refractivity contribution >= 4 is 10.0 Å². The van der Waals surface area contributed by atoms with Crippen LogP contribution in [0.5, 0.6) is 0 Å². The molecule has 2 aliphatic carbocycles. The van der Waals surface area contributed by atoms with Crippen molar-refractivity contribution < 1.29 is 13.5 Å². The maximum absolute atomic E-state index is 13.1. The third-order valence-electron chi connectivity index (χ3n) is 7.57. The highest BCUT2D eigenvalue weighted by molar-refractivity contribution is 7.89. The maximum atomic E-state index is 13.1. The molecule has 0 aromatic heterocycles. The van der Waals surface area contributed by atoms with Crippen LogP contribution in [0, 0.1) is 5.41 Å². The Morgan fingerprint density at radius 2 is 1.47 bits per heavy atom. The minimum Gasteiger partial charge on any atom is -0.396 e. The summed E-state index contributed by atoms with van der Waals surface area (Å²) in [5.74, 6) is 0.582. The molecule has 0 radical (unpaired) electrons. The molecule has 2 fully saturated rings. The second-order valence-electron chi connectivity index (χ2n) is 9.90. The average molecular weight is 456 g/mol. The molecule has 32 heavy (non-hydrogen) atoms. The zero-order chi connectivity index (χ0) is 22.4. The van der Waals surface area contributed by atoms with Gasteiger partial charge in [0.05, 0.1) is 4.90 Å². The lowest BCUT2D eigenvalue weighted by Crippen LogP contribution is -2.37. The predicted molar refractivity (Wildman–Crippen MR) is 129 cm³/mol. The van der Waals surface area contributed by atoms with Crippen molar-refractivity contribution in [3.63, 3.8) is 0 Å². The molecular formula is C27H37NO3S. The Morgan fingerprint density at radius 3 is 2.09 bits per heavy atom. The lowest BCUT2D eigenvalue weighted by molar-refractivity contribution is 0.294. The predicted octanol–water partition coefficient (Wildman–Crippen LogP) is 5.35. The first-order chi connectivity index (χ1) is 15.5. The summed E-state index contributed by atoms with van der Waals surface area (Å²) < 4.78 is 29.1. The zero-order valence-corrected chi connectivity index (χ0v) is 19.9. The van der Waals surface area contributed by atoms with E-state index in [2.05, 4.69) is 29.0 Å². The lowest BCUT2D eigenvalue weighted by atomic mass is 9.80. The molecule has 0 aliphatic heterocycles. The van der Waals surface area contributed by atoms with Crippen LogP contribution in [0.2, 0.25) is 0 Å².